The Morgan fingerprint density at radius 2 is 1.70 bits per heavy atom. The van der Waals surface area contributed by atoms with Gasteiger partial charge in [-0.25, -0.2) is 9.18 Å². The maximum absolute atomic E-state index is 13.0. The maximum Gasteiger partial charge on any atom is 0.410 e. The van der Waals surface area contributed by atoms with Crippen LogP contribution in [0, 0.1) is 5.82 Å². The highest BCUT2D eigenvalue weighted by molar-refractivity contribution is 5.69. The zero-order chi connectivity index (χ0) is 18.8. The largest absolute Gasteiger partial charge is 0.450 e. The number of ether oxygens (including phenoxy) is 1. The van der Waals surface area contributed by atoms with Gasteiger partial charge >= 0.3 is 6.09 Å². The molecule has 0 spiro atoms. The molecule has 6 heteroatoms. The van der Waals surface area contributed by atoms with E-state index >= 15 is 0 Å². The van der Waals surface area contributed by atoms with Crippen LogP contribution in [0.4, 0.5) is 14.9 Å². The van der Waals surface area contributed by atoms with E-state index in [1.165, 1.54) is 12.1 Å². The molecule has 3 saturated heterocycles. The Morgan fingerprint density at radius 3 is 2.30 bits per heavy atom. The van der Waals surface area contributed by atoms with Gasteiger partial charge < -0.3 is 19.9 Å². The van der Waals surface area contributed by atoms with Crippen molar-refractivity contribution in [2.24, 2.45) is 0 Å². The van der Waals surface area contributed by atoms with Crippen LogP contribution in [0.5, 0.6) is 0 Å². The molecule has 1 aromatic carbocycles. The summed E-state index contributed by atoms with van der Waals surface area (Å²) in [6.07, 6.45) is 6.46. The number of carbonyl (C=O) groups excluding carboxylic acids is 1. The molecule has 3 heterocycles. The molecule has 2 atom stereocenters. The third-order valence-electron chi connectivity index (χ3n) is 6.45. The molecule has 4 rings (SSSR count). The fourth-order valence-corrected chi connectivity index (χ4v) is 5.13. The summed E-state index contributed by atoms with van der Waals surface area (Å²) in [4.78, 5) is 16.9. The molecule has 3 aliphatic heterocycles. The topological polar surface area (TPSA) is 44.8 Å². The van der Waals surface area contributed by atoms with Gasteiger partial charge in [0.05, 0.1) is 6.61 Å². The van der Waals surface area contributed by atoms with Crippen LogP contribution in [0.1, 0.15) is 45.4 Å². The van der Waals surface area contributed by atoms with E-state index in [2.05, 4.69) is 10.2 Å². The lowest BCUT2D eigenvalue weighted by Crippen LogP contribution is -2.54. The van der Waals surface area contributed by atoms with Gasteiger partial charge in [-0.2, -0.15) is 0 Å². The second kappa shape index (κ2) is 8.05. The lowest BCUT2D eigenvalue weighted by Gasteiger charge is -2.45. The van der Waals surface area contributed by atoms with Gasteiger partial charge in [0.2, 0.25) is 0 Å². The zero-order valence-corrected chi connectivity index (χ0v) is 16.1. The van der Waals surface area contributed by atoms with E-state index in [9.17, 15) is 9.18 Å². The Kier molecular flexibility index (Phi) is 5.53. The van der Waals surface area contributed by atoms with Crippen molar-refractivity contribution < 1.29 is 13.9 Å². The van der Waals surface area contributed by atoms with Crippen LogP contribution in [-0.2, 0) is 4.74 Å². The molecule has 5 nitrogen and oxygen atoms in total. The molecule has 1 aromatic rings. The summed E-state index contributed by atoms with van der Waals surface area (Å²) in [6.45, 7) is 4.49. The number of piperidine rings is 2. The number of nitrogens with zero attached hydrogens (tertiary/aromatic N) is 2. The number of benzene rings is 1. The first kappa shape index (κ1) is 18.5. The van der Waals surface area contributed by atoms with Crippen LogP contribution in [0.2, 0.25) is 0 Å². The smallest absolute Gasteiger partial charge is 0.410 e. The summed E-state index contributed by atoms with van der Waals surface area (Å²) in [6, 6.07) is 8.36. The normalized spacial score (nSPS) is 29.0. The lowest BCUT2D eigenvalue weighted by atomic mass is 9.93. The first-order valence-electron chi connectivity index (χ1n) is 10.3. The van der Waals surface area contributed by atoms with E-state index in [-0.39, 0.29) is 11.9 Å². The van der Waals surface area contributed by atoms with Crippen LogP contribution in [0.3, 0.4) is 0 Å². The summed E-state index contributed by atoms with van der Waals surface area (Å²) in [5.41, 5.74) is 0.996. The fraction of sp³-hybridized carbons (Fsp3) is 0.667. The fourth-order valence-electron chi connectivity index (χ4n) is 5.13. The van der Waals surface area contributed by atoms with Crippen LogP contribution in [0.15, 0.2) is 24.3 Å². The number of amides is 1. The van der Waals surface area contributed by atoms with Crippen LogP contribution in [0.25, 0.3) is 0 Å². The highest BCUT2D eigenvalue weighted by atomic mass is 19.1. The third kappa shape index (κ3) is 4.05. The van der Waals surface area contributed by atoms with Gasteiger partial charge in [-0.05, 0) is 69.7 Å². The monoisotopic (exact) mass is 375 g/mol. The molecule has 2 bridgehead atoms. The number of rotatable bonds is 4. The summed E-state index contributed by atoms with van der Waals surface area (Å²) >= 11 is 0. The molecule has 2 unspecified atom stereocenters. The summed E-state index contributed by atoms with van der Waals surface area (Å²) in [5.74, 6) is -0.195. The molecule has 27 heavy (non-hydrogen) atoms. The summed E-state index contributed by atoms with van der Waals surface area (Å²) in [7, 11) is 0. The average Bonchev–Trinajstić information content (AvgIpc) is 2.94. The van der Waals surface area contributed by atoms with Gasteiger partial charge in [-0.15, -0.1) is 0 Å². The van der Waals surface area contributed by atoms with E-state index in [0.29, 0.717) is 30.8 Å². The molecule has 0 saturated carbocycles. The SMILES string of the molecule is CCOC(=O)N1C2CCC1CC(N1CCC(Nc3ccc(F)cc3)CC1)C2. The Labute approximate surface area is 160 Å². The van der Waals surface area contributed by atoms with Crippen molar-refractivity contribution in [3.63, 3.8) is 0 Å². The van der Waals surface area contributed by atoms with Crippen molar-refractivity contribution in [3.05, 3.63) is 30.1 Å². The van der Waals surface area contributed by atoms with Gasteiger partial charge in [-0.1, -0.05) is 0 Å². The molecule has 0 aromatic heterocycles. The minimum atomic E-state index is -0.195. The van der Waals surface area contributed by atoms with Crippen molar-refractivity contribution in [2.75, 3.05) is 25.0 Å². The number of likely N-dealkylation sites (tertiary alicyclic amines) is 1. The predicted octanol–water partition coefficient (Wildman–Crippen LogP) is 3.85. The Bertz CT molecular complexity index is 631. The molecule has 3 fully saturated rings. The van der Waals surface area contributed by atoms with Crippen molar-refractivity contribution in [2.45, 2.75) is 69.6 Å². The number of hydrogen-bond donors (Lipinski definition) is 1. The van der Waals surface area contributed by atoms with E-state index < -0.39 is 0 Å². The molecule has 0 aliphatic carbocycles. The van der Waals surface area contributed by atoms with Crippen LogP contribution in [-0.4, -0.2) is 59.8 Å². The third-order valence-corrected chi connectivity index (χ3v) is 6.45. The molecule has 1 amide bonds. The van der Waals surface area contributed by atoms with Crippen molar-refractivity contribution in [1.82, 2.24) is 9.80 Å². The van der Waals surface area contributed by atoms with Crippen molar-refractivity contribution >= 4 is 11.8 Å². The minimum absolute atomic E-state index is 0.120. The standard InChI is InChI=1S/C21H30FN3O2/c1-2-27-21(26)25-18-7-8-19(25)14-20(13-18)24-11-9-17(10-12-24)23-16-5-3-15(22)4-6-16/h3-6,17-20,23H,2,7-14H2,1H3. The van der Waals surface area contributed by atoms with E-state index in [4.69, 9.17) is 4.74 Å². The highest BCUT2D eigenvalue weighted by Gasteiger charge is 2.45. The maximum atomic E-state index is 13.0. The number of carbonyl (C=O) groups is 1. The van der Waals surface area contributed by atoms with Gasteiger partial charge in [0.1, 0.15) is 5.82 Å². The molecular weight excluding hydrogens is 345 g/mol. The number of fused-ring (bicyclic) bond motifs is 2. The zero-order valence-electron chi connectivity index (χ0n) is 16.1. The molecule has 1 N–H and O–H groups in total. The van der Waals surface area contributed by atoms with E-state index in [1.807, 2.05) is 24.0 Å². The lowest BCUT2D eigenvalue weighted by molar-refractivity contribution is 0.0350. The summed E-state index contributed by atoms with van der Waals surface area (Å²) in [5, 5.41) is 3.53. The number of hydrogen-bond acceptors (Lipinski definition) is 4. The molecule has 148 valence electrons. The van der Waals surface area contributed by atoms with Gasteiger partial charge in [0.25, 0.3) is 0 Å². The van der Waals surface area contributed by atoms with Crippen molar-refractivity contribution in [3.8, 4) is 0 Å². The molecular formula is C21H30FN3O2. The van der Waals surface area contributed by atoms with Crippen LogP contribution >= 0.6 is 0 Å². The van der Waals surface area contributed by atoms with E-state index in [1.54, 1.807) is 0 Å². The van der Waals surface area contributed by atoms with Crippen LogP contribution < -0.4 is 5.32 Å². The Morgan fingerprint density at radius 1 is 1.07 bits per heavy atom. The second-order valence-corrected chi connectivity index (χ2v) is 8.08. The Hall–Kier alpha value is -1.82. The second-order valence-electron chi connectivity index (χ2n) is 8.08. The summed E-state index contributed by atoms with van der Waals surface area (Å²) < 4.78 is 18.3. The number of anilines is 1. The van der Waals surface area contributed by atoms with Crippen molar-refractivity contribution in [1.29, 1.82) is 0 Å². The quantitative estimate of drug-likeness (QED) is 0.868. The minimum Gasteiger partial charge on any atom is -0.450 e. The first-order chi connectivity index (χ1) is 13.1. The predicted molar refractivity (Wildman–Crippen MR) is 103 cm³/mol. The van der Waals surface area contributed by atoms with Gasteiger partial charge in [-0.3, -0.25) is 0 Å². The average molecular weight is 375 g/mol. The Balaban J connectivity index is 1.28. The molecule has 3 aliphatic rings. The van der Waals surface area contributed by atoms with E-state index in [0.717, 1.165) is 57.3 Å². The highest BCUT2D eigenvalue weighted by Crippen LogP contribution is 2.38. The molecule has 0 radical (unpaired) electrons. The van der Waals surface area contributed by atoms with Gasteiger partial charge in [0, 0.05) is 42.9 Å². The first-order valence-corrected chi connectivity index (χ1v) is 10.3. The number of halogens is 1. The number of nitrogens with one attached hydrogen (secondary N) is 1. The van der Waals surface area contributed by atoms with Gasteiger partial charge in [0.15, 0.2) is 0 Å².